The summed E-state index contributed by atoms with van der Waals surface area (Å²) in [7, 11) is 0. The lowest BCUT2D eigenvalue weighted by Gasteiger charge is -2.29. The molecule has 0 aromatic rings. The van der Waals surface area contributed by atoms with Gasteiger partial charge in [0, 0.05) is 13.1 Å². The number of carbonyl (C=O) groups excluding carboxylic acids is 1. The van der Waals surface area contributed by atoms with Crippen LogP contribution in [0.1, 0.15) is 13.8 Å². The molecule has 3 N–H and O–H groups in total. The largest absolute Gasteiger partial charge is 0.377 e. The van der Waals surface area contributed by atoms with E-state index in [4.69, 9.17) is 5.73 Å². The van der Waals surface area contributed by atoms with Crippen molar-refractivity contribution in [3.63, 3.8) is 0 Å². The van der Waals surface area contributed by atoms with Crippen molar-refractivity contribution in [3.05, 3.63) is 0 Å². The number of hydrazone groups is 1. The number of urea groups is 1. The predicted octanol–water partition coefficient (Wildman–Crippen LogP) is -0.0179. The summed E-state index contributed by atoms with van der Waals surface area (Å²) in [6.07, 6.45) is -0.0558. The number of amides is 2. The van der Waals surface area contributed by atoms with Gasteiger partial charge in [0.15, 0.2) is 5.17 Å². The summed E-state index contributed by atoms with van der Waals surface area (Å²) >= 11 is 1.44. The van der Waals surface area contributed by atoms with Gasteiger partial charge >= 0.3 is 6.03 Å². The molecule has 0 unspecified atom stereocenters. The van der Waals surface area contributed by atoms with Crippen LogP contribution in [0.3, 0.4) is 0 Å². The van der Waals surface area contributed by atoms with Crippen molar-refractivity contribution < 1.29 is 4.79 Å². The summed E-state index contributed by atoms with van der Waals surface area (Å²) in [5.74, 6) is 0. The van der Waals surface area contributed by atoms with Gasteiger partial charge in [-0.05, 0) is 13.8 Å². The summed E-state index contributed by atoms with van der Waals surface area (Å²) in [5, 5.41) is 4.49. The maximum Gasteiger partial charge on any atom is 0.322 e. The highest BCUT2D eigenvalue weighted by atomic mass is 32.2. The minimum absolute atomic E-state index is 0.0416. The highest BCUT2D eigenvalue weighted by Crippen LogP contribution is 2.31. The molecular formula is C8H15N5OS. The molecule has 2 amide bonds. The van der Waals surface area contributed by atoms with Gasteiger partial charge in [-0.3, -0.25) is 5.43 Å². The van der Waals surface area contributed by atoms with Gasteiger partial charge in [0.1, 0.15) is 11.5 Å². The number of hydrogen-bond acceptors (Lipinski definition) is 5. The number of nitrogens with zero attached hydrogens (tertiary/aromatic N) is 3. The second-order valence-electron chi connectivity index (χ2n) is 3.39. The number of amidine groups is 1. The molecule has 0 saturated carbocycles. The Morgan fingerprint density at radius 1 is 1.47 bits per heavy atom. The van der Waals surface area contributed by atoms with Crippen molar-refractivity contribution in [1.29, 1.82) is 0 Å². The number of rotatable bonds is 2. The Balaban J connectivity index is 2.25. The molecule has 1 fully saturated rings. The van der Waals surface area contributed by atoms with Crippen LogP contribution in [0.4, 0.5) is 4.79 Å². The maximum atomic E-state index is 11.9. The third-order valence-electron chi connectivity index (χ3n) is 2.63. The Hall–Kier alpha value is -1.11. The van der Waals surface area contributed by atoms with Crippen molar-refractivity contribution in [1.82, 2.24) is 15.2 Å². The molecule has 6 nitrogen and oxygen atoms in total. The first-order valence-electron chi connectivity index (χ1n) is 5.01. The first kappa shape index (κ1) is 10.4. The van der Waals surface area contributed by atoms with E-state index in [9.17, 15) is 4.79 Å². The maximum absolute atomic E-state index is 11.9. The number of nitrogens with one attached hydrogen (secondary N) is 1. The van der Waals surface area contributed by atoms with Crippen LogP contribution < -0.4 is 11.2 Å². The fourth-order valence-corrected chi connectivity index (χ4v) is 2.96. The molecule has 1 saturated heterocycles. The van der Waals surface area contributed by atoms with Crippen LogP contribution in [0, 0.1) is 0 Å². The van der Waals surface area contributed by atoms with Crippen LogP contribution in [-0.4, -0.2) is 45.6 Å². The molecule has 0 aliphatic carbocycles. The van der Waals surface area contributed by atoms with E-state index < -0.39 is 0 Å². The molecular weight excluding hydrogens is 214 g/mol. The molecule has 0 bridgehead atoms. The van der Waals surface area contributed by atoms with E-state index in [-0.39, 0.29) is 17.6 Å². The lowest BCUT2D eigenvalue weighted by molar-refractivity contribution is 0.186. The van der Waals surface area contributed by atoms with Gasteiger partial charge in [-0.2, -0.15) is 5.10 Å². The number of hydrogen-bond donors (Lipinski definition) is 2. The summed E-state index contributed by atoms with van der Waals surface area (Å²) in [6, 6.07) is 0.0555. The molecule has 2 rings (SSSR count). The second-order valence-corrected chi connectivity index (χ2v) is 4.52. The Bertz CT molecular complexity index is 307. The molecule has 7 heteroatoms. The normalized spacial score (nSPS) is 30.0. The van der Waals surface area contributed by atoms with Gasteiger partial charge in [-0.1, -0.05) is 11.8 Å². The highest BCUT2D eigenvalue weighted by Gasteiger charge is 2.46. The van der Waals surface area contributed by atoms with Crippen LogP contribution in [0.2, 0.25) is 0 Å². The standard InChI is InChI=1S/C8H15N5OS/c1-3-12-5-6(13(4-2)8(12)14)15-7(9)11-10-5/h5-6,10H,3-4H2,1-2H3,(H2,9,11)/t5-,6-/m0/s1. The third kappa shape index (κ3) is 1.50. The van der Waals surface area contributed by atoms with E-state index in [1.807, 2.05) is 18.7 Å². The van der Waals surface area contributed by atoms with Crippen molar-refractivity contribution in [2.75, 3.05) is 13.1 Å². The van der Waals surface area contributed by atoms with Crippen LogP contribution in [0.15, 0.2) is 5.10 Å². The molecule has 2 aliphatic rings. The van der Waals surface area contributed by atoms with E-state index in [2.05, 4.69) is 10.5 Å². The SMILES string of the molecule is CCN1C(=O)N(CC)[C@H]2SC(N)=NN[C@H]21. The average Bonchev–Trinajstić information content (AvgIpc) is 2.48. The first-order chi connectivity index (χ1) is 7.19. The van der Waals surface area contributed by atoms with E-state index in [1.165, 1.54) is 11.8 Å². The number of likely N-dealkylation sites (N-methyl/N-ethyl adjacent to an activating group) is 2. The number of thioether (sulfide) groups is 1. The Morgan fingerprint density at radius 2 is 2.13 bits per heavy atom. The minimum Gasteiger partial charge on any atom is -0.377 e. The first-order valence-corrected chi connectivity index (χ1v) is 5.89. The number of carbonyl (C=O) groups is 1. The molecule has 2 heterocycles. The van der Waals surface area contributed by atoms with Crippen molar-refractivity contribution in [3.8, 4) is 0 Å². The van der Waals surface area contributed by atoms with Gasteiger partial charge in [-0.15, -0.1) is 0 Å². The van der Waals surface area contributed by atoms with Crippen molar-refractivity contribution in [2.45, 2.75) is 25.4 Å². The molecule has 2 atom stereocenters. The van der Waals surface area contributed by atoms with Crippen LogP contribution in [-0.2, 0) is 0 Å². The monoisotopic (exact) mass is 229 g/mol. The Labute approximate surface area is 92.8 Å². The summed E-state index contributed by atoms with van der Waals surface area (Å²) in [6.45, 7) is 5.30. The fraction of sp³-hybridized carbons (Fsp3) is 0.750. The smallest absolute Gasteiger partial charge is 0.322 e. The summed E-state index contributed by atoms with van der Waals surface area (Å²) in [5.41, 5.74) is 8.57. The lowest BCUT2D eigenvalue weighted by atomic mass is 10.4. The predicted molar refractivity (Wildman–Crippen MR) is 60.1 cm³/mol. The summed E-state index contributed by atoms with van der Waals surface area (Å²) < 4.78 is 0. The van der Waals surface area contributed by atoms with Crippen LogP contribution in [0.25, 0.3) is 0 Å². The van der Waals surface area contributed by atoms with Gasteiger partial charge < -0.3 is 15.5 Å². The topological polar surface area (TPSA) is 74.0 Å². The molecule has 15 heavy (non-hydrogen) atoms. The Kier molecular flexibility index (Phi) is 2.64. The van der Waals surface area contributed by atoms with Crippen molar-refractivity contribution in [2.24, 2.45) is 10.8 Å². The zero-order chi connectivity index (χ0) is 11.0. The molecule has 0 radical (unpaired) electrons. The van der Waals surface area contributed by atoms with Gasteiger partial charge in [0.25, 0.3) is 0 Å². The van der Waals surface area contributed by atoms with Gasteiger partial charge in [-0.25, -0.2) is 4.79 Å². The van der Waals surface area contributed by atoms with Gasteiger partial charge in [0.2, 0.25) is 0 Å². The molecule has 2 aliphatic heterocycles. The van der Waals surface area contributed by atoms with E-state index in [1.54, 1.807) is 4.90 Å². The second kappa shape index (κ2) is 3.80. The molecule has 0 aromatic carbocycles. The van der Waals surface area contributed by atoms with Gasteiger partial charge in [0.05, 0.1) is 0 Å². The molecule has 0 spiro atoms. The van der Waals surface area contributed by atoms with E-state index in [0.29, 0.717) is 18.3 Å². The fourth-order valence-electron chi connectivity index (χ4n) is 1.91. The van der Waals surface area contributed by atoms with Crippen LogP contribution in [0.5, 0.6) is 0 Å². The number of fused-ring (bicyclic) bond motifs is 1. The zero-order valence-corrected chi connectivity index (χ0v) is 9.62. The summed E-state index contributed by atoms with van der Waals surface area (Å²) in [4.78, 5) is 15.5. The number of nitrogens with two attached hydrogens (primary N) is 1. The quantitative estimate of drug-likeness (QED) is 0.698. The third-order valence-corrected chi connectivity index (χ3v) is 3.72. The van der Waals surface area contributed by atoms with E-state index >= 15 is 0 Å². The minimum atomic E-state index is -0.0558. The lowest BCUT2D eigenvalue weighted by Crippen LogP contribution is -2.48. The zero-order valence-electron chi connectivity index (χ0n) is 8.80. The average molecular weight is 229 g/mol. The van der Waals surface area contributed by atoms with Crippen molar-refractivity contribution >= 4 is 23.0 Å². The van der Waals surface area contributed by atoms with E-state index in [0.717, 1.165) is 0 Å². The highest BCUT2D eigenvalue weighted by molar-refractivity contribution is 8.14. The molecule has 84 valence electrons. The Morgan fingerprint density at radius 3 is 2.73 bits per heavy atom. The van der Waals surface area contributed by atoms with Crippen LogP contribution >= 0.6 is 11.8 Å². The molecule has 0 aromatic heterocycles.